The van der Waals surface area contributed by atoms with E-state index in [2.05, 4.69) is 11.9 Å². The van der Waals surface area contributed by atoms with Crippen LogP contribution in [0.25, 0.3) is 10.9 Å². The number of fused-ring (bicyclic) bond motifs is 4. The molecule has 2 aliphatic heterocycles. The van der Waals surface area contributed by atoms with Crippen LogP contribution in [-0.4, -0.2) is 50.7 Å². The number of benzene rings is 2. The van der Waals surface area contributed by atoms with Crippen LogP contribution < -0.4 is 0 Å². The Morgan fingerprint density at radius 2 is 1.94 bits per heavy atom. The van der Waals surface area contributed by atoms with Crippen molar-refractivity contribution in [1.29, 1.82) is 0 Å². The molecule has 33 heavy (non-hydrogen) atoms. The van der Waals surface area contributed by atoms with Gasteiger partial charge >= 0.3 is 0 Å². The van der Waals surface area contributed by atoms with Crippen molar-refractivity contribution < 1.29 is 14.5 Å². The number of carbonyl (C=O) groups excluding carboxylic acids is 2. The zero-order valence-electron chi connectivity index (χ0n) is 18.5. The average Bonchev–Trinajstić information content (AvgIpc) is 3.19. The number of amides is 2. The molecule has 0 aliphatic carbocycles. The molecule has 8 heteroatoms. The molecule has 170 valence electrons. The van der Waals surface area contributed by atoms with E-state index in [0.717, 1.165) is 41.4 Å². The van der Waals surface area contributed by atoms with Crippen molar-refractivity contribution in [3.05, 3.63) is 75.5 Å². The number of piperazine rings is 1. The van der Waals surface area contributed by atoms with Gasteiger partial charge in [-0.3, -0.25) is 19.7 Å². The summed E-state index contributed by atoms with van der Waals surface area (Å²) in [7, 11) is 0. The highest BCUT2D eigenvalue weighted by Gasteiger charge is 2.48. The molecule has 3 heterocycles. The minimum absolute atomic E-state index is 0.0377. The molecule has 2 amide bonds. The number of aromatic amines is 1. The molecule has 1 fully saturated rings. The Balaban J connectivity index is 1.63. The summed E-state index contributed by atoms with van der Waals surface area (Å²) < 4.78 is 0. The quantitative estimate of drug-likeness (QED) is 0.352. The number of nitrogens with one attached hydrogen (secondary N) is 1. The van der Waals surface area contributed by atoms with Gasteiger partial charge in [-0.15, -0.1) is 0 Å². The van der Waals surface area contributed by atoms with Crippen molar-refractivity contribution >= 4 is 28.4 Å². The molecular weight excluding hydrogens is 420 g/mol. The van der Waals surface area contributed by atoms with E-state index >= 15 is 0 Å². The number of non-ortho nitro benzene ring substituents is 1. The van der Waals surface area contributed by atoms with E-state index in [1.54, 1.807) is 21.9 Å². The number of nitro benzene ring substituents is 1. The van der Waals surface area contributed by atoms with Gasteiger partial charge in [-0.1, -0.05) is 50.1 Å². The molecule has 3 aromatic rings. The highest BCUT2D eigenvalue weighted by atomic mass is 16.6. The van der Waals surface area contributed by atoms with Gasteiger partial charge < -0.3 is 14.8 Å². The fourth-order valence-corrected chi connectivity index (χ4v) is 5.22. The van der Waals surface area contributed by atoms with Gasteiger partial charge in [0, 0.05) is 41.7 Å². The second-order valence-electron chi connectivity index (χ2n) is 8.81. The van der Waals surface area contributed by atoms with Crippen molar-refractivity contribution in [3.8, 4) is 0 Å². The highest BCUT2D eigenvalue weighted by Crippen LogP contribution is 2.43. The van der Waals surface area contributed by atoms with E-state index in [9.17, 15) is 19.7 Å². The third-order valence-corrected chi connectivity index (χ3v) is 6.77. The molecule has 1 saturated heterocycles. The Kier molecular flexibility index (Phi) is 5.36. The van der Waals surface area contributed by atoms with E-state index < -0.39 is 17.0 Å². The van der Waals surface area contributed by atoms with Crippen LogP contribution in [0.3, 0.4) is 0 Å². The molecule has 0 saturated carbocycles. The summed E-state index contributed by atoms with van der Waals surface area (Å²) in [4.78, 5) is 44.8. The van der Waals surface area contributed by atoms with E-state index in [0.29, 0.717) is 18.5 Å². The predicted octanol–water partition coefficient (Wildman–Crippen LogP) is 3.95. The summed E-state index contributed by atoms with van der Waals surface area (Å²) in [5, 5.41) is 12.5. The number of nitro groups is 1. The van der Waals surface area contributed by atoms with Gasteiger partial charge in [0.1, 0.15) is 6.04 Å². The molecule has 2 atom stereocenters. The lowest BCUT2D eigenvalue weighted by atomic mass is 9.86. The normalized spacial score (nSPS) is 20.2. The largest absolute Gasteiger partial charge is 0.356 e. The number of para-hydroxylation sites is 1. The zero-order chi connectivity index (χ0) is 23.1. The van der Waals surface area contributed by atoms with E-state index in [1.165, 1.54) is 12.1 Å². The van der Waals surface area contributed by atoms with E-state index in [4.69, 9.17) is 0 Å². The lowest BCUT2D eigenvalue weighted by Gasteiger charge is -2.47. The molecule has 5 rings (SSSR count). The summed E-state index contributed by atoms with van der Waals surface area (Å²) in [6.07, 6.45) is 3.35. The first-order valence-electron chi connectivity index (χ1n) is 11.4. The molecule has 1 aromatic heterocycles. The Morgan fingerprint density at radius 3 is 2.73 bits per heavy atom. The lowest BCUT2D eigenvalue weighted by molar-refractivity contribution is -0.384. The maximum atomic E-state index is 13.5. The van der Waals surface area contributed by atoms with Crippen LogP contribution in [-0.2, 0) is 16.0 Å². The number of hydrogen-bond donors (Lipinski definition) is 1. The Bertz CT molecular complexity index is 1250. The number of hydrogen-bond acceptors (Lipinski definition) is 4. The van der Waals surface area contributed by atoms with Crippen LogP contribution in [0.15, 0.2) is 48.5 Å². The van der Waals surface area contributed by atoms with Gasteiger partial charge in [-0.05, 0) is 23.6 Å². The van der Waals surface area contributed by atoms with Crippen LogP contribution in [0.1, 0.15) is 49.0 Å². The fourth-order valence-electron chi connectivity index (χ4n) is 5.22. The number of rotatable bonds is 6. The Labute approximate surface area is 191 Å². The standard InChI is InChI=1S/C25H26N4O4/c1-2-3-6-12-27-15-22(30)28-21(25(27)31)14-19-18-10-4-5-11-20(18)26-23(19)24(28)16-8-7-9-17(13-16)29(32)33/h4-5,7-11,13,21,24,26H,2-3,6,12,14-15H2,1H3/t21-,24?/m1/s1. The van der Waals surface area contributed by atoms with Crippen LogP contribution in [0.2, 0.25) is 0 Å². The fraction of sp³-hybridized carbons (Fsp3) is 0.360. The topological polar surface area (TPSA) is 99.5 Å². The summed E-state index contributed by atoms with van der Waals surface area (Å²) in [5.74, 6) is -0.172. The maximum Gasteiger partial charge on any atom is 0.269 e. The second-order valence-corrected chi connectivity index (χ2v) is 8.81. The van der Waals surface area contributed by atoms with Gasteiger partial charge in [0.15, 0.2) is 0 Å². The average molecular weight is 447 g/mol. The van der Waals surface area contributed by atoms with Crippen molar-refractivity contribution in [1.82, 2.24) is 14.8 Å². The molecule has 0 radical (unpaired) electrons. The van der Waals surface area contributed by atoms with Crippen LogP contribution in [0.4, 0.5) is 5.69 Å². The number of H-pyrrole nitrogens is 1. The SMILES string of the molecule is CCCCCN1CC(=O)N2C(c3cccc([N+](=O)[O-])c3)c3[nH]c4ccccc4c3C[C@@H]2C1=O. The van der Waals surface area contributed by atoms with Crippen molar-refractivity contribution in [2.45, 2.75) is 44.7 Å². The number of nitrogens with zero attached hydrogens (tertiary/aromatic N) is 3. The van der Waals surface area contributed by atoms with Crippen molar-refractivity contribution in [2.24, 2.45) is 0 Å². The van der Waals surface area contributed by atoms with Gasteiger partial charge in [-0.25, -0.2) is 0 Å². The van der Waals surface area contributed by atoms with Gasteiger partial charge in [0.2, 0.25) is 11.8 Å². The van der Waals surface area contributed by atoms with E-state index in [1.807, 2.05) is 24.3 Å². The number of carbonyl (C=O) groups is 2. The molecule has 2 aromatic carbocycles. The number of unbranched alkanes of at least 4 members (excludes halogenated alkanes) is 2. The molecule has 0 bridgehead atoms. The van der Waals surface area contributed by atoms with Crippen molar-refractivity contribution in [2.75, 3.05) is 13.1 Å². The molecule has 1 unspecified atom stereocenters. The monoisotopic (exact) mass is 446 g/mol. The summed E-state index contributed by atoms with van der Waals surface area (Å²) >= 11 is 0. The predicted molar refractivity (Wildman–Crippen MR) is 124 cm³/mol. The summed E-state index contributed by atoms with van der Waals surface area (Å²) in [6, 6.07) is 13.0. The van der Waals surface area contributed by atoms with Crippen LogP contribution in [0, 0.1) is 10.1 Å². The minimum atomic E-state index is -0.621. The first-order valence-corrected chi connectivity index (χ1v) is 11.4. The second kappa shape index (κ2) is 8.35. The zero-order valence-corrected chi connectivity index (χ0v) is 18.5. The van der Waals surface area contributed by atoms with Gasteiger partial charge in [0.05, 0.1) is 17.5 Å². The number of aromatic nitrogens is 1. The first-order chi connectivity index (χ1) is 16.0. The lowest BCUT2D eigenvalue weighted by Crippen LogP contribution is -2.63. The maximum absolute atomic E-state index is 13.5. The highest BCUT2D eigenvalue weighted by molar-refractivity contribution is 5.97. The minimum Gasteiger partial charge on any atom is -0.356 e. The molecule has 1 N–H and O–H groups in total. The van der Waals surface area contributed by atoms with E-state index in [-0.39, 0.29) is 24.0 Å². The molecule has 0 spiro atoms. The third-order valence-electron chi connectivity index (χ3n) is 6.77. The summed E-state index contributed by atoms with van der Waals surface area (Å²) in [6.45, 7) is 2.72. The van der Waals surface area contributed by atoms with Gasteiger partial charge in [-0.2, -0.15) is 0 Å². The van der Waals surface area contributed by atoms with Crippen LogP contribution in [0.5, 0.6) is 0 Å². The summed E-state index contributed by atoms with van der Waals surface area (Å²) in [5.41, 5.74) is 3.34. The Hall–Kier alpha value is -3.68. The van der Waals surface area contributed by atoms with Crippen LogP contribution >= 0.6 is 0 Å². The third kappa shape index (κ3) is 3.55. The Morgan fingerprint density at radius 1 is 1.12 bits per heavy atom. The van der Waals surface area contributed by atoms with Gasteiger partial charge in [0.25, 0.3) is 5.69 Å². The molecule has 2 aliphatic rings. The molecular formula is C25H26N4O4. The smallest absolute Gasteiger partial charge is 0.269 e. The first kappa shape index (κ1) is 21.2. The molecule has 8 nitrogen and oxygen atoms in total. The van der Waals surface area contributed by atoms with Crippen molar-refractivity contribution in [3.63, 3.8) is 0 Å².